The van der Waals surface area contributed by atoms with E-state index in [0.29, 0.717) is 24.3 Å². The van der Waals surface area contributed by atoms with Gasteiger partial charge in [-0.25, -0.2) is 0 Å². The van der Waals surface area contributed by atoms with Gasteiger partial charge in [-0.1, -0.05) is 35.8 Å². The van der Waals surface area contributed by atoms with E-state index in [0.717, 1.165) is 28.3 Å². The smallest absolute Gasteiger partial charge is 0.303 e. The van der Waals surface area contributed by atoms with Crippen LogP contribution in [0.2, 0.25) is 0 Å². The molecular formula is C19H22BrNO3. The molecule has 1 unspecified atom stereocenters. The molecule has 1 heterocycles. The van der Waals surface area contributed by atoms with Crippen molar-refractivity contribution in [2.45, 2.75) is 45.1 Å². The molecule has 0 bridgehead atoms. The summed E-state index contributed by atoms with van der Waals surface area (Å²) in [4.78, 5) is 26.9. The zero-order valence-electron chi connectivity index (χ0n) is 14.0. The number of carbonyl (C=O) groups excluding carboxylic acids is 1. The second-order valence-corrected chi connectivity index (χ2v) is 7.57. The molecular weight excluding hydrogens is 370 g/mol. The van der Waals surface area contributed by atoms with Crippen LogP contribution >= 0.6 is 15.9 Å². The molecule has 4 nitrogen and oxygen atoms in total. The Morgan fingerprint density at radius 2 is 2.17 bits per heavy atom. The molecule has 0 fully saturated rings. The van der Waals surface area contributed by atoms with Crippen LogP contribution in [0.15, 0.2) is 33.7 Å². The van der Waals surface area contributed by atoms with E-state index in [1.165, 1.54) is 0 Å². The van der Waals surface area contributed by atoms with E-state index in [2.05, 4.69) is 35.9 Å². The standard InChI is InChI=1S/C19H22BrNO3/c1-13(2)9-19(7-3-4-18(23)24)10-15(11-21-19)17-6-5-16(20)8-14(17)12-22/h5-6,8,10-13H,3-4,7,9H2,1-2H3,(H,23,24). The van der Waals surface area contributed by atoms with Crippen molar-refractivity contribution in [3.8, 4) is 0 Å². The van der Waals surface area contributed by atoms with Crippen molar-refractivity contribution in [2.75, 3.05) is 0 Å². The van der Waals surface area contributed by atoms with Gasteiger partial charge in [0.25, 0.3) is 0 Å². The number of aliphatic carboxylic acids is 1. The molecule has 24 heavy (non-hydrogen) atoms. The highest BCUT2D eigenvalue weighted by atomic mass is 79.9. The van der Waals surface area contributed by atoms with E-state index >= 15 is 0 Å². The Kier molecular flexibility index (Phi) is 6.10. The first kappa shape index (κ1) is 18.6. The molecule has 1 aromatic rings. The number of aliphatic imine (C=N–C) groups is 1. The predicted octanol–water partition coefficient (Wildman–Crippen LogP) is 4.77. The van der Waals surface area contributed by atoms with Gasteiger partial charge in [-0.05, 0) is 54.5 Å². The maximum absolute atomic E-state index is 11.4. The zero-order chi connectivity index (χ0) is 17.7. The van der Waals surface area contributed by atoms with Crippen LogP contribution in [0.5, 0.6) is 0 Å². The number of rotatable bonds is 8. The third-order valence-corrected chi connectivity index (χ3v) is 4.59. The third kappa shape index (κ3) is 4.63. The quantitative estimate of drug-likeness (QED) is 0.648. The third-order valence-electron chi connectivity index (χ3n) is 4.10. The van der Waals surface area contributed by atoms with Crippen LogP contribution in [0.4, 0.5) is 0 Å². The highest BCUT2D eigenvalue weighted by Gasteiger charge is 2.31. The monoisotopic (exact) mass is 391 g/mol. The van der Waals surface area contributed by atoms with Crippen molar-refractivity contribution < 1.29 is 14.7 Å². The number of carboxylic acid groups (broad SMARTS) is 1. The first-order valence-corrected chi connectivity index (χ1v) is 8.89. The van der Waals surface area contributed by atoms with Crippen LogP contribution in [0, 0.1) is 5.92 Å². The fourth-order valence-electron chi connectivity index (χ4n) is 3.21. The average Bonchev–Trinajstić information content (AvgIpc) is 2.89. The number of halogens is 1. The highest BCUT2D eigenvalue weighted by Crippen LogP contribution is 2.36. The number of hydrogen-bond acceptors (Lipinski definition) is 3. The summed E-state index contributed by atoms with van der Waals surface area (Å²) >= 11 is 3.38. The van der Waals surface area contributed by atoms with Gasteiger partial charge in [0.2, 0.25) is 0 Å². The second kappa shape index (κ2) is 7.88. The normalized spacial score (nSPS) is 19.6. The van der Waals surface area contributed by atoms with Gasteiger partial charge in [0.05, 0.1) is 5.54 Å². The summed E-state index contributed by atoms with van der Waals surface area (Å²) in [5.41, 5.74) is 2.04. The van der Waals surface area contributed by atoms with Crippen LogP contribution in [-0.4, -0.2) is 29.1 Å². The lowest BCUT2D eigenvalue weighted by molar-refractivity contribution is -0.137. The summed E-state index contributed by atoms with van der Waals surface area (Å²) in [6.07, 6.45) is 7.07. The van der Waals surface area contributed by atoms with Crippen LogP contribution in [-0.2, 0) is 4.79 Å². The number of carbonyl (C=O) groups is 2. The van der Waals surface area contributed by atoms with Gasteiger partial charge in [0.1, 0.15) is 0 Å². The van der Waals surface area contributed by atoms with E-state index in [9.17, 15) is 9.59 Å². The van der Waals surface area contributed by atoms with E-state index < -0.39 is 5.97 Å². The van der Waals surface area contributed by atoms with E-state index in [4.69, 9.17) is 10.1 Å². The lowest BCUT2D eigenvalue weighted by Gasteiger charge is -2.26. The first-order chi connectivity index (χ1) is 11.3. The molecule has 128 valence electrons. The molecule has 5 heteroatoms. The minimum atomic E-state index is -0.781. The topological polar surface area (TPSA) is 66.7 Å². The average molecular weight is 392 g/mol. The lowest BCUT2D eigenvalue weighted by Crippen LogP contribution is -2.24. The van der Waals surface area contributed by atoms with Gasteiger partial charge < -0.3 is 5.11 Å². The Morgan fingerprint density at radius 1 is 1.42 bits per heavy atom. The van der Waals surface area contributed by atoms with Crippen LogP contribution in [0.25, 0.3) is 5.57 Å². The van der Waals surface area contributed by atoms with E-state index in [-0.39, 0.29) is 12.0 Å². The molecule has 1 atom stereocenters. The molecule has 1 aromatic carbocycles. The number of benzene rings is 1. The van der Waals surface area contributed by atoms with Crippen molar-refractivity contribution >= 4 is 40.0 Å². The van der Waals surface area contributed by atoms with Gasteiger partial charge in [0, 0.05) is 22.7 Å². The van der Waals surface area contributed by atoms with Crippen molar-refractivity contribution in [2.24, 2.45) is 10.9 Å². The lowest BCUT2D eigenvalue weighted by atomic mass is 9.84. The fourth-order valence-corrected chi connectivity index (χ4v) is 3.59. The minimum absolute atomic E-state index is 0.149. The summed E-state index contributed by atoms with van der Waals surface area (Å²) in [6, 6.07) is 5.61. The van der Waals surface area contributed by atoms with E-state index in [1.54, 1.807) is 6.07 Å². The van der Waals surface area contributed by atoms with Gasteiger partial charge >= 0.3 is 5.97 Å². The fraction of sp³-hybridized carbons (Fsp3) is 0.421. The number of allylic oxidation sites excluding steroid dienone is 1. The molecule has 1 aliphatic heterocycles. The van der Waals surface area contributed by atoms with Crippen molar-refractivity contribution in [1.82, 2.24) is 0 Å². The molecule has 0 spiro atoms. The molecule has 1 N–H and O–H groups in total. The summed E-state index contributed by atoms with van der Waals surface area (Å²) in [5, 5.41) is 8.88. The molecule has 0 saturated heterocycles. The Balaban J connectivity index is 2.31. The highest BCUT2D eigenvalue weighted by molar-refractivity contribution is 9.10. The number of nitrogens with zero attached hydrogens (tertiary/aromatic N) is 1. The SMILES string of the molecule is CC(C)CC1(CCCC(=O)O)C=C(c2ccc(Br)cc2C=O)C=N1. The maximum atomic E-state index is 11.4. The molecule has 2 rings (SSSR count). The molecule has 0 aromatic heterocycles. The molecule has 0 aliphatic carbocycles. The number of aldehydes is 1. The first-order valence-electron chi connectivity index (χ1n) is 8.10. The summed E-state index contributed by atoms with van der Waals surface area (Å²) < 4.78 is 0.860. The molecule has 1 aliphatic rings. The van der Waals surface area contributed by atoms with Gasteiger partial charge in [-0.2, -0.15) is 0 Å². The van der Waals surface area contributed by atoms with Crippen molar-refractivity contribution in [3.63, 3.8) is 0 Å². The summed E-state index contributed by atoms with van der Waals surface area (Å²) in [5.74, 6) is -0.338. The summed E-state index contributed by atoms with van der Waals surface area (Å²) in [6.45, 7) is 4.27. The Labute approximate surface area is 150 Å². The maximum Gasteiger partial charge on any atom is 0.303 e. The van der Waals surface area contributed by atoms with Crippen LogP contribution < -0.4 is 0 Å². The Bertz CT molecular complexity index is 694. The van der Waals surface area contributed by atoms with Gasteiger partial charge in [0.15, 0.2) is 6.29 Å². The van der Waals surface area contributed by atoms with Gasteiger partial charge in [-0.15, -0.1) is 0 Å². The van der Waals surface area contributed by atoms with Gasteiger partial charge in [-0.3, -0.25) is 14.6 Å². The van der Waals surface area contributed by atoms with Crippen LogP contribution in [0.1, 0.15) is 55.5 Å². The Morgan fingerprint density at radius 3 is 2.79 bits per heavy atom. The van der Waals surface area contributed by atoms with E-state index in [1.807, 2.05) is 18.3 Å². The Hall–Kier alpha value is -1.75. The largest absolute Gasteiger partial charge is 0.481 e. The van der Waals surface area contributed by atoms with Crippen molar-refractivity contribution in [3.05, 3.63) is 39.9 Å². The number of carboxylic acids is 1. The summed E-state index contributed by atoms with van der Waals surface area (Å²) in [7, 11) is 0. The molecule has 0 radical (unpaired) electrons. The molecule has 0 saturated carbocycles. The van der Waals surface area contributed by atoms with Crippen molar-refractivity contribution in [1.29, 1.82) is 0 Å². The minimum Gasteiger partial charge on any atom is -0.481 e. The predicted molar refractivity (Wildman–Crippen MR) is 99.7 cm³/mol. The second-order valence-electron chi connectivity index (χ2n) is 6.66. The number of hydrogen-bond donors (Lipinski definition) is 1. The molecule has 0 amide bonds. The van der Waals surface area contributed by atoms with Crippen LogP contribution in [0.3, 0.4) is 0 Å². The zero-order valence-corrected chi connectivity index (χ0v) is 15.5.